The molecule has 0 aliphatic carbocycles. The lowest BCUT2D eigenvalue weighted by Crippen LogP contribution is -2.57. The molecule has 0 aromatic heterocycles. The zero-order valence-electron chi connectivity index (χ0n) is 8.52. The smallest absolute Gasteiger partial charge is 0.305 e. The lowest BCUT2D eigenvalue weighted by atomic mass is 10.1. The Morgan fingerprint density at radius 1 is 1.60 bits per heavy atom. The molecule has 2 N–H and O–H groups in total. The minimum absolute atomic E-state index is 0.184. The van der Waals surface area contributed by atoms with Gasteiger partial charge in [0.1, 0.15) is 6.04 Å². The van der Waals surface area contributed by atoms with E-state index in [9.17, 15) is 14.4 Å². The lowest BCUT2D eigenvalue weighted by Gasteiger charge is -2.34. The van der Waals surface area contributed by atoms with Crippen LogP contribution in [0.3, 0.4) is 0 Å². The van der Waals surface area contributed by atoms with Gasteiger partial charge in [-0.15, -0.1) is 0 Å². The van der Waals surface area contributed by atoms with E-state index in [4.69, 9.17) is 5.11 Å². The fraction of sp³-hybridized carbons (Fsp3) is 0.667. The molecule has 1 unspecified atom stereocenters. The number of hydrogen-bond acceptors (Lipinski definition) is 3. The number of rotatable bonds is 3. The molecular weight excluding hydrogens is 200 g/mol. The van der Waals surface area contributed by atoms with Crippen LogP contribution in [0.25, 0.3) is 0 Å². The van der Waals surface area contributed by atoms with Gasteiger partial charge in [-0.05, 0) is 0 Å². The van der Waals surface area contributed by atoms with Gasteiger partial charge >= 0.3 is 5.97 Å². The highest BCUT2D eigenvalue weighted by atomic mass is 16.4. The molecule has 0 bridgehead atoms. The Bertz CT molecular complexity index is 290. The average Bonchev–Trinajstić information content (AvgIpc) is 2.19. The third-order valence-corrected chi connectivity index (χ3v) is 2.32. The predicted molar refractivity (Wildman–Crippen MR) is 51.1 cm³/mol. The van der Waals surface area contributed by atoms with E-state index in [0.717, 1.165) is 0 Å². The number of aliphatic carboxylic acids is 1. The maximum Gasteiger partial charge on any atom is 0.305 e. The molecule has 6 heteroatoms. The SMILES string of the molecule is CCC(=O)N1CCNC(=O)C1CC(=O)O. The van der Waals surface area contributed by atoms with Gasteiger partial charge in [-0.25, -0.2) is 0 Å². The summed E-state index contributed by atoms with van der Waals surface area (Å²) < 4.78 is 0. The first-order valence-corrected chi connectivity index (χ1v) is 4.85. The Morgan fingerprint density at radius 2 is 2.27 bits per heavy atom. The monoisotopic (exact) mass is 214 g/mol. The van der Waals surface area contributed by atoms with Crippen LogP contribution in [0.2, 0.25) is 0 Å². The normalized spacial score (nSPS) is 21.0. The second kappa shape index (κ2) is 4.77. The van der Waals surface area contributed by atoms with E-state index in [1.165, 1.54) is 4.90 Å². The van der Waals surface area contributed by atoms with Gasteiger partial charge < -0.3 is 15.3 Å². The fourth-order valence-corrected chi connectivity index (χ4v) is 1.58. The third-order valence-electron chi connectivity index (χ3n) is 2.32. The van der Waals surface area contributed by atoms with E-state index in [1.54, 1.807) is 6.92 Å². The maximum absolute atomic E-state index is 11.5. The van der Waals surface area contributed by atoms with Crippen molar-refractivity contribution < 1.29 is 19.5 Å². The first kappa shape index (κ1) is 11.5. The van der Waals surface area contributed by atoms with Crippen molar-refractivity contribution in [2.75, 3.05) is 13.1 Å². The topological polar surface area (TPSA) is 86.7 Å². The summed E-state index contributed by atoms with van der Waals surface area (Å²) in [7, 11) is 0. The highest BCUT2D eigenvalue weighted by molar-refractivity contribution is 5.91. The summed E-state index contributed by atoms with van der Waals surface area (Å²) in [6, 6.07) is -0.858. The van der Waals surface area contributed by atoms with E-state index in [-0.39, 0.29) is 24.7 Å². The van der Waals surface area contributed by atoms with Gasteiger partial charge in [-0.3, -0.25) is 14.4 Å². The molecule has 1 rings (SSSR count). The second-order valence-corrected chi connectivity index (χ2v) is 3.35. The van der Waals surface area contributed by atoms with Crippen LogP contribution in [0.5, 0.6) is 0 Å². The minimum atomic E-state index is -1.08. The van der Waals surface area contributed by atoms with Gasteiger partial charge in [0.15, 0.2) is 0 Å². The standard InChI is InChI=1S/C9H14N2O4/c1-2-7(12)11-4-3-10-9(15)6(11)5-8(13)14/h6H,2-5H2,1H3,(H,10,15)(H,13,14). The molecule has 0 aromatic carbocycles. The molecule has 0 saturated carbocycles. The van der Waals surface area contributed by atoms with Crippen molar-refractivity contribution in [1.29, 1.82) is 0 Å². The molecule has 1 saturated heterocycles. The largest absolute Gasteiger partial charge is 0.481 e. The molecule has 1 aliphatic rings. The number of carboxylic acids is 1. The van der Waals surface area contributed by atoms with Crippen molar-refractivity contribution in [3.63, 3.8) is 0 Å². The highest BCUT2D eigenvalue weighted by Gasteiger charge is 2.33. The Kier molecular flexibility index (Phi) is 3.65. The third kappa shape index (κ3) is 2.68. The van der Waals surface area contributed by atoms with Crippen molar-refractivity contribution in [1.82, 2.24) is 10.2 Å². The van der Waals surface area contributed by atoms with Gasteiger partial charge in [0.05, 0.1) is 6.42 Å². The van der Waals surface area contributed by atoms with Crippen LogP contribution in [0.15, 0.2) is 0 Å². The molecule has 0 spiro atoms. The molecule has 2 amide bonds. The van der Waals surface area contributed by atoms with Crippen molar-refractivity contribution in [2.45, 2.75) is 25.8 Å². The number of carboxylic acid groups (broad SMARTS) is 1. The Hall–Kier alpha value is -1.59. The molecule has 84 valence electrons. The van der Waals surface area contributed by atoms with E-state index in [2.05, 4.69) is 5.32 Å². The van der Waals surface area contributed by atoms with Gasteiger partial charge in [0, 0.05) is 19.5 Å². The first-order chi connectivity index (χ1) is 7.06. The summed E-state index contributed by atoms with van der Waals surface area (Å²) in [4.78, 5) is 34.7. The van der Waals surface area contributed by atoms with Crippen LogP contribution in [0, 0.1) is 0 Å². The quantitative estimate of drug-likeness (QED) is 0.643. The van der Waals surface area contributed by atoms with Crippen LogP contribution in [0.4, 0.5) is 0 Å². The molecule has 1 atom stereocenters. The van der Waals surface area contributed by atoms with Gasteiger partial charge in [0.25, 0.3) is 0 Å². The number of amides is 2. The number of carbonyl (C=O) groups excluding carboxylic acids is 2. The number of piperazine rings is 1. The maximum atomic E-state index is 11.5. The minimum Gasteiger partial charge on any atom is -0.481 e. The lowest BCUT2D eigenvalue weighted by molar-refractivity contribution is -0.148. The summed E-state index contributed by atoms with van der Waals surface area (Å²) in [5.41, 5.74) is 0. The van der Waals surface area contributed by atoms with Gasteiger partial charge in [-0.1, -0.05) is 6.92 Å². The highest BCUT2D eigenvalue weighted by Crippen LogP contribution is 2.10. The Balaban J connectivity index is 2.77. The second-order valence-electron chi connectivity index (χ2n) is 3.35. The van der Waals surface area contributed by atoms with E-state index < -0.39 is 12.0 Å². The van der Waals surface area contributed by atoms with Crippen LogP contribution in [0.1, 0.15) is 19.8 Å². The summed E-state index contributed by atoms with van der Waals surface area (Å²) in [5, 5.41) is 11.2. The summed E-state index contributed by atoms with van der Waals surface area (Å²) >= 11 is 0. The van der Waals surface area contributed by atoms with E-state index in [1.807, 2.05) is 0 Å². The number of carbonyl (C=O) groups is 3. The molecule has 1 aliphatic heterocycles. The number of nitrogens with one attached hydrogen (secondary N) is 1. The van der Waals surface area contributed by atoms with E-state index >= 15 is 0 Å². The number of hydrogen-bond donors (Lipinski definition) is 2. The molecule has 1 heterocycles. The zero-order chi connectivity index (χ0) is 11.4. The van der Waals surface area contributed by atoms with E-state index in [0.29, 0.717) is 13.1 Å². The van der Waals surface area contributed by atoms with Gasteiger partial charge in [-0.2, -0.15) is 0 Å². The van der Waals surface area contributed by atoms with Crippen molar-refractivity contribution in [3.8, 4) is 0 Å². The molecule has 6 nitrogen and oxygen atoms in total. The molecule has 0 aromatic rings. The Labute approximate surface area is 87.2 Å². The number of nitrogens with zero attached hydrogens (tertiary/aromatic N) is 1. The fourth-order valence-electron chi connectivity index (χ4n) is 1.58. The molecular formula is C9H14N2O4. The summed E-state index contributed by atoms with van der Waals surface area (Å²) in [6.07, 6.45) is -0.0546. The average molecular weight is 214 g/mol. The van der Waals surface area contributed by atoms with Crippen molar-refractivity contribution >= 4 is 17.8 Å². The summed E-state index contributed by atoms with van der Waals surface area (Å²) in [6.45, 7) is 2.46. The molecule has 1 fully saturated rings. The van der Waals surface area contributed by atoms with Crippen molar-refractivity contribution in [3.05, 3.63) is 0 Å². The predicted octanol–water partition coefficient (Wildman–Crippen LogP) is -0.802. The van der Waals surface area contributed by atoms with Crippen LogP contribution >= 0.6 is 0 Å². The van der Waals surface area contributed by atoms with Crippen LogP contribution in [-0.2, 0) is 14.4 Å². The zero-order valence-corrected chi connectivity index (χ0v) is 8.52. The first-order valence-electron chi connectivity index (χ1n) is 4.85. The van der Waals surface area contributed by atoms with Crippen LogP contribution < -0.4 is 5.32 Å². The molecule has 15 heavy (non-hydrogen) atoms. The summed E-state index contributed by atoms with van der Waals surface area (Å²) in [5.74, 6) is -1.65. The molecule has 0 radical (unpaired) electrons. The van der Waals surface area contributed by atoms with Crippen molar-refractivity contribution in [2.24, 2.45) is 0 Å². The van der Waals surface area contributed by atoms with Gasteiger partial charge in [0.2, 0.25) is 11.8 Å². The van der Waals surface area contributed by atoms with Crippen LogP contribution in [-0.4, -0.2) is 46.9 Å². The Morgan fingerprint density at radius 3 is 2.80 bits per heavy atom.